The maximum absolute atomic E-state index is 12.2. The van der Waals surface area contributed by atoms with Gasteiger partial charge in [0.15, 0.2) is 5.78 Å². The highest BCUT2D eigenvalue weighted by Crippen LogP contribution is 2.64. The van der Waals surface area contributed by atoms with E-state index in [1.54, 1.807) is 17.4 Å². The van der Waals surface area contributed by atoms with E-state index in [4.69, 9.17) is 4.74 Å². The number of benzene rings is 1. The van der Waals surface area contributed by atoms with E-state index in [1.807, 2.05) is 16.8 Å². The van der Waals surface area contributed by atoms with Crippen molar-refractivity contribution in [3.05, 3.63) is 75.0 Å². The molecular weight excluding hydrogens is 466 g/mol. The molecule has 0 unspecified atom stereocenters. The first-order chi connectivity index (χ1) is 17.3. The molecular formula is C31H33NO3S. The van der Waals surface area contributed by atoms with Gasteiger partial charge in [-0.15, -0.1) is 0 Å². The molecule has 0 bridgehead atoms. The monoisotopic (exact) mass is 499 g/mol. The van der Waals surface area contributed by atoms with Crippen molar-refractivity contribution < 1.29 is 14.6 Å². The van der Waals surface area contributed by atoms with Crippen LogP contribution in [0.15, 0.2) is 63.9 Å². The highest BCUT2D eigenvalue weighted by Gasteiger charge is 2.63. The van der Waals surface area contributed by atoms with E-state index in [1.165, 1.54) is 16.7 Å². The van der Waals surface area contributed by atoms with Gasteiger partial charge in [-0.05, 0) is 83.5 Å². The first-order valence-electron chi connectivity index (χ1n) is 12.9. The fraction of sp³-hybridized carbons (Fsp3) is 0.452. The van der Waals surface area contributed by atoms with Crippen LogP contribution in [-0.4, -0.2) is 43.3 Å². The maximum atomic E-state index is 12.2. The number of nitrogens with zero attached hydrogens (tertiary/aromatic N) is 1. The molecule has 1 aromatic carbocycles. The van der Waals surface area contributed by atoms with Crippen LogP contribution in [0.1, 0.15) is 56.1 Å². The Labute approximate surface area is 217 Å². The minimum Gasteiger partial charge on any atom is -0.378 e. The summed E-state index contributed by atoms with van der Waals surface area (Å²) in [6, 6.07) is 10.8. The lowest BCUT2D eigenvalue weighted by Gasteiger charge is -2.53. The Bertz CT molecular complexity index is 1310. The van der Waals surface area contributed by atoms with E-state index in [0.717, 1.165) is 36.1 Å². The van der Waals surface area contributed by atoms with Crippen LogP contribution in [0.3, 0.4) is 0 Å². The second kappa shape index (κ2) is 8.73. The van der Waals surface area contributed by atoms with E-state index in [2.05, 4.69) is 62.0 Å². The first-order valence-corrected chi connectivity index (χ1v) is 13.9. The van der Waals surface area contributed by atoms with Crippen molar-refractivity contribution >= 4 is 22.8 Å². The van der Waals surface area contributed by atoms with Crippen LogP contribution in [0.4, 0.5) is 5.69 Å². The van der Waals surface area contributed by atoms with Gasteiger partial charge < -0.3 is 14.7 Å². The van der Waals surface area contributed by atoms with Crippen molar-refractivity contribution in [2.75, 3.05) is 25.6 Å². The average molecular weight is 500 g/mol. The zero-order valence-corrected chi connectivity index (χ0v) is 22.0. The fourth-order valence-electron chi connectivity index (χ4n) is 7.04. The standard InChI is InChI=1S/C31H33NO3S/c1-30-17-26(21-4-6-23(7-5-21)32(2)3)28-25-9-8-24(33)16-22(25)18-35-29(28)27(30)11-14-31(30,34)13-10-20-12-15-36-19-20/h4-7,12,15-16,19,26-27,29,34H,8-9,11,14,17-18H2,1-3H3/t26-,27+,29+,30+,31+/m1/s1. The van der Waals surface area contributed by atoms with Gasteiger partial charge in [0.05, 0.1) is 12.7 Å². The van der Waals surface area contributed by atoms with Crippen molar-refractivity contribution in [2.24, 2.45) is 11.3 Å². The van der Waals surface area contributed by atoms with Crippen molar-refractivity contribution in [1.29, 1.82) is 0 Å². The summed E-state index contributed by atoms with van der Waals surface area (Å²) in [6.07, 6.45) is 5.46. The molecule has 2 heterocycles. The van der Waals surface area contributed by atoms with E-state index in [9.17, 15) is 9.90 Å². The number of ketones is 1. The third-order valence-corrected chi connectivity index (χ3v) is 9.80. The molecule has 2 aromatic rings. The Balaban J connectivity index is 1.47. The summed E-state index contributed by atoms with van der Waals surface area (Å²) in [6.45, 7) is 2.71. The van der Waals surface area contributed by atoms with Crippen LogP contribution in [-0.2, 0) is 9.53 Å². The number of ether oxygens (including phenoxy) is 1. The predicted octanol–water partition coefficient (Wildman–Crippen LogP) is 5.49. The van der Waals surface area contributed by atoms with Gasteiger partial charge >= 0.3 is 0 Å². The molecule has 1 aromatic heterocycles. The van der Waals surface area contributed by atoms with Crippen molar-refractivity contribution in [2.45, 2.75) is 56.7 Å². The quantitative estimate of drug-likeness (QED) is 0.556. The molecule has 1 aliphatic heterocycles. The number of rotatable bonds is 2. The van der Waals surface area contributed by atoms with E-state index in [-0.39, 0.29) is 23.7 Å². The number of hydrogen-bond acceptors (Lipinski definition) is 5. The van der Waals surface area contributed by atoms with Gasteiger partial charge in [-0.1, -0.05) is 30.9 Å². The lowest BCUT2D eigenvalue weighted by Crippen LogP contribution is -2.53. The lowest BCUT2D eigenvalue weighted by atomic mass is 9.55. The molecule has 2 fully saturated rings. The molecule has 0 amide bonds. The predicted molar refractivity (Wildman–Crippen MR) is 144 cm³/mol. The van der Waals surface area contributed by atoms with Gasteiger partial charge in [0.25, 0.3) is 0 Å². The van der Waals surface area contributed by atoms with Crippen molar-refractivity contribution in [3.63, 3.8) is 0 Å². The van der Waals surface area contributed by atoms with Crippen LogP contribution in [0.25, 0.3) is 0 Å². The molecule has 0 saturated heterocycles. The molecule has 3 aliphatic carbocycles. The number of anilines is 1. The highest BCUT2D eigenvalue weighted by molar-refractivity contribution is 7.08. The minimum atomic E-state index is -1.07. The molecule has 36 heavy (non-hydrogen) atoms. The molecule has 4 nitrogen and oxygen atoms in total. The molecule has 0 spiro atoms. The SMILES string of the molecule is CN(C)c1ccc([C@H]2C[C@@]3(C)[C@@H](CC[C@@]3(O)C#Cc3ccsc3)[C@@H]3OCC4=CC(=O)CCC4=C32)cc1. The van der Waals surface area contributed by atoms with Gasteiger partial charge in [0.2, 0.25) is 0 Å². The molecule has 6 rings (SSSR count). The van der Waals surface area contributed by atoms with Gasteiger partial charge in [0, 0.05) is 48.5 Å². The summed E-state index contributed by atoms with van der Waals surface area (Å²) in [7, 11) is 4.11. The summed E-state index contributed by atoms with van der Waals surface area (Å²) < 4.78 is 6.59. The number of allylic oxidation sites excluding steroid dienone is 1. The Morgan fingerprint density at radius 1 is 1.17 bits per heavy atom. The van der Waals surface area contributed by atoms with Crippen LogP contribution >= 0.6 is 11.3 Å². The zero-order valence-electron chi connectivity index (χ0n) is 21.2. The van der Waals surface area contributed by atoms with Crippen molar-refractivity contribution in [3.8, 4) is 11.8 Å². The number of fused-ring (bicyclic) bond motifs is 4. The lowest BCUT2D eigenvalue weighted by molar-refractivity contribution is -0.115. The topological polar surface area (TPSA) is 49.8 Å². The molecule has 0 radical (unpaired) electrons. The number of aliphatic hydroxyl groups is 1. The molecule has 1 N–H and O–H groups in total. The third-order valence-electron chi connectivity index (χ3n) is 9.11. The van der Waals surface area contributed by atoms with Gasteiger partial charge in [0.1, 0.15) is 5.60 Å². The normalized spacial score (nSPS) is 33.2. The van der Waals surface area contributed by atoms with Crippen molar-refractivity contribution in [1.82, 2.24) is 0 Å². The van der Waals surface area contributed by atoms with E-state index in [0.29, 0.717) is 19.4 Å². The largest absolute Gasteiger partial charge is 0.378 e. The van der Waals surface area contributed by atoms with Crippen LogP contribution in [0.5, 0.6) is 0 Å². The second-order valence-corrected chi connectivity index (χ2v) is 12.0. The van der Waals surface area contributed by atoms with Gasteiger partial charge in [-0.2, -0.15) is 11.3 Å². The summed E-state index contributed by atoms with van der Waals surface area (Å²) in [4.78, 5) is 14.3. The van der Waals surface area contributed by atoms with Crippen LogP contribution < -0.4 is 4.90 Å². The molecule has 4 aliphatic rings. The minimum absolute atomic E-state index is 0.0559. The Morgan fingerprint density at radius 2 is 1.97 bits per heavy atom. The van der Waals surface area contributed by atoms with Crippen LogP contribution in [0, 0.1) is 23.2 Å². The number of hydrogen-bond donors (Lipinski definition) is 1. The second-order valence-electron chi connectivity index (χ2n) is 11.2. The fourth-order valence-corrected chi connectivity index (χ4v) is 7.62. The van der Waals surface area contributed by atoms with Gasteiger partial charge in [-0.3, -0.25) is 4.79 Å². The Kier molecular flexibility index (Phi) is 5.75. The smallest absolute Gasteiger partial charge is 0.156 e. The summed E-state index contributed by atoms with van der Waals surface area (Å²) in [5.41, 5.74) is 5.63. The number of carbonyl (C=O) groups is 1. The average Bonchev–Trinajstić information content (AvgIpc) is 3.48. The maximum Gasteiger partial charge on any atom is 0.156 e. The molecule has 5 atom stereocenters. The van der Waals surface area contributed by atoms with Gasteiger partial charge in [-0.25, -0.2) is 0 Å². The first kappa shape index (κ1) is 23.7. The van der Waals surface area contributed by atoms with E-state index < -0.39 is 11.0 Å². The highest BCUT2D eigenvalue weighted by atomic mass is 32.1. The molecule has 2 saturated carbocycles. The summed E-state index contributed by atoms with van der Waals surface area (Å²) in [5, 5.41) is 16.1. The zero-order chi connectivity index (χ0) is 25.1. The third kappa shape index (κ3) is 3.70. The van der Waals surface area contributed by atoms with Crippen LogP contribution in [0.2, 0.25) is 0 Å². The molecule has 186 valence electrons. The number of thiophene rings is 1. The Morgan fingerprint density at radius 3 is 2.69 bits per heavy atom. The van der Waals surface area contributed by atoms with E-state index >= 15 is 0 Å². The molecule has 5 heteroatoms. The Hall–Kier alpha value is -2.65. The summed E-state index contributed by atoms with van der Waals surface area (Å²) >= 11 is 1.63. The summed E-state index contributed by atoms with van der Waals surface area (Å²) in [5.74, 6) is 7.11. The number of carbonyl (C=O) groups excluding carboxylic acids is 1.